The van der Waals surface area contributed by atoms with Crippen LogP contribution in [0.2, 0.25) is 0 Å². The number of aryl methyl sites for hydroxylation is 2. The molecule has 28 heavy (non-hydrogen) atoms. The van der Waals surface area contributed by atoms with E-state index in [2.05, 4.69) is 29.9 Å². The largest absolute Gasteiger partial charge is 0.281 e. The van der Waals surface area contributed by atoms with Gasteiger partial charge in [-0.1, -0.05) is 55.5 Å². The van der Waals surface area contributed by atoms with Crippen molar-refractivity contribution in [2.24, 2.45) is 7.05 Å². The molecule has 138 valence electrons. The summed E-state index contributed by atoms with van der Waals surface area (Å²) in [6.45, 7) is 2.12. The van der Waals surface area contributed by atoms with Gasteiger partial charge in [0.05, 0.1) is 17.1 Å². The van der Waals surface area contributed by atoms with Crippen molar-refractivity contribution >= 4 is 10.8 Å². The van der Waals surface area contributed by atoms with Crippen molar-refractivity contribution in [2.45, 2.75) is 19.8 Å². The molecule has 2 aromatic heterocycles. The first-order valence-electron chi connectivity index (χ1n) is 9.41. The van der Waals surface area contributed by atoms with E-state index in [9.17, 15) is 4.79 Å². The van der Waals surface area contributed by atoms with Crippen molar-refractivity contribution < 1.29 is 0 Å². The molecule has 0 unspecified atom stereocenters. The topological polar surface area (TPSA) is 39.8 Å². The average molecular weight is 367 g/mol. The highest BCUT2D eigenvalue weighted by molar-refractivity contribution is 5.88. The molecule has 0 saturated heterocycles. The number of pyridine rings is 1. The van der Waals surface area contributed by atoms with Crippen LogP contribution in [0.5, 0.6) is 0 Å². The van der Waals surface area contributed by atoms with E-state index in [0.717, 1.165) is 40.7 Å². The third-order valence-electron chi connectivity index (χ3n) is 4.69. The Hall–Kier alpha value is -3.58. The van der Waals surface area contributed by atoms with Crippen LogP contribution in [0.25, 0.3) is 16.5 Å². The molecule has 0 bridgehead atoms. The Kier molecular flexibility index (Phi) is 4.82. The normalized spacial score (nSPS) is 10.6. The van der Waals surface area contributed by atoms with E-state index in [4.69, 9.17) is 0 Å². The van der Waals surface area contributed by atoms with Crippen LogP contribution >= 0.6 is 0 Å². The number of nitrogens with zero attached hydrogens (tertiary/aromatic N) is 3. The van der Waals surface area contributed by atoms with Crippen LogP contribution in [0.4, 0.5) is 0 Å². The van der Waals surface area contributed by atoms with Crippen molar-refractivity contribution in [3.05, 3.63) is 94.2 Å². The molecule has 0 radical (unpaired) electrons. The lowest BCUT2D eigenvalue weighted by molar-refractivity contribution is 0.767. The first-order chi connectivity index (χ1) is 13.7. The highest BCUT2D eigenvalue weighted by atomic mass is 16.1. The van der Waals surface area contributed by atoms with Gasteiger partial charge in [0.1, 0.15) is 0 Å². The van der Waals surface area contributed by atoms with E-state index in [1.54, 1.807) is 10.9 Å². The molecule has 0 N–H and O–H groups in total. The van der Waals surface area contributed by atoms with Gasteiger partial charge >= 0.3 is 0 Å². The molecule has 0 aliphatic heterocycles. The van der Waals surface area contributed by atoms with Gasteiger partial charge in [0, 0.05) is 30.2 Å². The molecule has 4 nitrogen and oxygen atoms in total. The summed E-state index contributed by atoms with van der Waals surface area (Å²) >= 11 is 0. The SMILES string of the molecule is CCCc1cc2cccc(C#Cc3cnn(C)c3)c2c(=O)n1-c1ccccc1. The molecular formula is C24H21N3O. The molecule has 2 heterocycles. The number of para-hydroxylation sites is 1. The van der Waals surface area contributed by atoms with Gasteiger partial charge in [-0.3, -0.25) is 14.0 Å². The summed E-state index contributed by atoms with van der Waals surface area (Å²) in [5.41, 5.74) is 3.43. The molecule has 0 saturated carbocycles. The first kappa shape index (κ1) is 17.8. The van der Waals surface area contributed by atoms with Crippen LogP contribution in [0.3, 0.4) is 0 Å². The van der Waals surface area contributed by atoms with Crippen LogP contribution in [0.1, 0.15) is 30.2 Å². The summed E-state index contributed by atoms with van der Waals surface area (Å²) in [7, 11) is 1.86. The second-order valence-electron chi connectivity index (χ2n) is 6.78. The van der Waals surface area contributed by atoms with E-state index in [1.807, 2.05) is 66.3 Å². The Morgan fingerprint density at radius 3 is 2.57 bits per heavy atom. The molecular weight excluding hydrogens is 346 g/mol. The second kappa shape index (κ2) is 7.58. The van der Waals surface area contributed by atoms with Gasteiger partial charge in [-0.15, -0.1) is 0 Å². The number of aromatic nitrogens is 3. The van der Waals surface area contributed by atoms with Gasteiger partial charge in [-0.05, 0) is 36.1 Å². The molecule has 0 spiro atoms. The molecule has 0 fully saturated rings. The average Bonchev–Trinajstić information content (AvgIpc) is 3.12. The maximum atomic E-state index is 13.5. The summed E-state index contributed by atoms with van der Waals surface area (Å²) in [6.07, 6.45) is 5.39. The van der Waals surface area contributed by atoms with Crippen molar-refractivity contribution in [2.75, 3.05) is 0 Å². The molecule has 0 aliphatic carbocycles. The Balaban J connectivity index is 1.97. The number of hydrogen-bond acceptors (Lipinski definition) is 2. The van der Waals surface area contributed by atoms with Crippen LogP contribution in [-0.4, -0.2) is 14.3 Å². The lowest BCUT2D eigenvalue weighted by atomic mass is 10.0. The standard InChI is InChI=1S/C24H21N3O/c1-3-8-22-15-20-10-7-9-19(14-13-18-16-25-26(2)17-18)23(20)24(28)27(22)21-11-5-4-6-12-21/h4-7,9-12,15-17H,3,8H2,1-2H3. The minimum Gasteiger partial charge on any atom is -0.281 e. The van der Waals surface area contributed by atoms with E-state index in [-0.39, 0.29) is 5.56 Å². The first-order valence-corrected chi connectivity index (χ1v) is 9.41. The molecule has 4 rings (SSSR count). The van der Waals surface area contributed by atoms with Gasteiger partial charge in [0.25, 0.3) is 5.56 Å². The van der Waals surface area contributed by atoms with Gasteiger partial charge < -0.3 is 0 Å². The Labute approximate surface area is 164 Å². The maximum absolute atomic E-state index is 13.5. The lowest BCUT2D eigenvalue weighted by Crippen LogP contribution is -2.22. The molecule has 0 aliphatic rings. The Bertz CT molecular complexity index is 1250. The van der Waals surface area contributed by atoms with Gasteiger partial charge in [0.15, 0.2) is 0 Å². The highest BCUT2D eigenvalue weighted by Gasteiger charge is 2.13. The van der Waals surface area contributed by atoms with Gasteiger partial charge in [-0.25, -0.2) is 0 Å². The summed E-state index contributed by atoms with van der Waals surface area (Å²) in [6, 6.07) is 17.8. The molecule has 2 aromatic carbocycles. The fourth-order valence-electron chi connectivity index (χ4n) is 3.45. The summed E-state index contributed by atoms with van der Waals surface area (Å²) in [5.74, 6) is 6.29. The lowest BCUT2D eigenvalue weighted by Gasteiger charge is -2.15. The Morgan fingerprint density at radius 1 is 1.04 bits per heavy atom. The zero-order valence-electron chi connectivity index (χ0n) is 16.0. The van der Waals surface area contributed by atoms with Crippen LogP contribution in [0.15, 0.2) is 71.8 Å². The van der Waals surface area contributed by atoms with E-state index in [1.165, 1.54) is 0 Å². The Morgan fingerprint density at radius 2 is 1.86 bits per heavy atom. The number of rotatable bonds is 3. The predicted octanol–water partition coefficient (Wildman–Crippen LogP) is 4.08. The minimum atomic E-state index is -0.0248. The molecule has 0 atom stereocenters. The quantitative estimate of drug-likeness (QED) is 0.512. The van der Waals surface area contributed by atoms with E-state index in [0.29, 0.717) is 5.39 Å². The molecule has 4 aromatic rings. The van der Waals surface area contributed by atoms with Crippen molar-refractivity contribution in [1.82, 2.24) is 14.3 Å². The third-order valence-corrected chi connectivity index (χ3v) is 4.69. The zero-order chi connectivity index (χ0) is 19.5. The van der Waals surface area contributed by atoms with Crippen LogP contribution in [0, 0.1) is 11.8 Å². The van der Waals surface area contributed by atoms with Crippen molar-refractivity contribution in [1.29, 1.82) is 0 Å². The van der Waals surface area contributed by atoms with E-state index >= 15 is 0 Å². The predicted molar refractivity (Wildman–Crippen MR) is 113 cm³/mol. The maximum Gasteiger partial charge on any atom is 0.264 e. The fourth-order valence-corrected chi connectivity index (χ4v) is 3.45. The molecule has 0 amide bonds. The summed E-state index contributed by atoms with van der Waals surface area (Å²) in [4.78, 5) is 13.5. The van der Waals surface area contributed by atoms with Crippen molar-refractivity contribution in [3.63, 3.8) is 0 Å². The second-order valence-corrected chi connectivity index (χ2v) is 6.78. The number of benzene rings is 2. The smallest absolute Gasteiger partial charge is 0.264 e. The minimum absolute atomic E-state index is 0.0248. The summed E-state index contributed by atoms with van der Waals surface area (Å²) < 4.78 is 3.54. The summed E-state index contributed by atoms with van der Waals surface area (Å²) in [5, 5.41) is 5.73. The van der Waals surface area contributed by atoms with Crippen molar-refractivity contribution in [3.8, 4) is 17.5 Å². The van der Waals surface area contributed by atoms with Crippen LogP contribution in [-0.2, 0) is 13.5 Å². The van der Waals surface area contributed by atoms with Gasteiger partial charge in [-0.2, -0.15) is 5.10 Å². The van der Waals surface area contributed by atoms with Gasteiger partial charge in [0.2, 0.25) is 0 Å². The van der Waals surface area contributed by atoms with E-state index < -0.39 is 0 Å². The van der Waals surface area contributed by atoms with Crippen LogP contribution < -0.4 is 5.56 Å². The molecule has 4 heteroatoms. The fraction of sp³-hybridized carbons (Fsp3) is 0.167. The highest BCUT2D eigenvalue weighted by Crippen LogP contribution is 2.20. The zero-order valence-corrected chi connectivity index (χ0v) is 16.0. The number of hydrogen-bond donors (Lipinski definition) is 0. The monoisotopic (exact) mass is 367 g/mol. The number of fused-ring (bicyclic) bond motifs is 1. The third kappa shape index (κ3) is 3.35.